The van der Waals surface area contributed by atoms with E-state index in [9.17, 15) is 9.18 Å². The van der Waals surface area contributed by atoms with E-state index in [4.69, 9.17) is 13.9 Å². The molecule has 134 valence electrons. The Morgan fingerprint density at radius 3 is 2.62 bits per heavy atom. The summed E-state index contributed by atoms with van der Waals surface area (Å²) in [5.74, 6) is 1.29. The van der Waals surface area contributed by atoms with E-state index in [-0.39, 0.29) is 17.4 Å². The maximum Gasteiger partial charge on any atom is 0.256 e. The van der Waals surface area contributed by atoms with Crippen LogP contribution in [0.1, 0.15) is 10.4 Å². The van der Waals surface area contributed by atoms with E-state index in [2.05, 4.69) is 4.98 Å². The maximum atomic E-state index is 13.0. The van der Waals surface area contributed by atoms with Gasteiger partial charge in [0.1, 0.15) is 17.3 Å². The largest absolute Gasteiger partial charge is 0.497 e. The summed E-state index contributed by atoms with van der Waals surface area (Å²) in [5, 5.41) is 0.366. The lowest BCUT2D eigenvalue weighted by atomic mass is 10.1. The van der Waals surface area contributed by atoms with E-state index in [1.165, 1.54) is 31.0 Å². The standard InChI is InChI=1S/C19H16FNO4S/c1-23-14-7-8-15(17(9-14)24-2)16(22)11-26-19-21-10-18(25-19)12-3-5-13(20)6-4-12/h3-10H,11H2,1-2H3. The third-order valence-electron chi connectivity index (χ3n) is 3.65. The maximum absolute atomic E-state index is 13.0. The minimum Gasteiger partial charge on any atom is -0.497 e. The van der Waals surface area contributed by atoms with Crippen LogP contribution >= 0.6 is 11.8 Å². The van der Waals surface area contributed by atoms with Gasteiger partial charge < -0.3 is 13.9 Å². The van der Waals surface area contributed by atoms with Crippen LogP contribution in [-0.2, 0) is 0 Å². The van der Waals surface area contributed by atoms with Gasteiger partial charge in [0.25, 0.3) is 5.22 Å². The number of hydrogen-bond acceptors (Lipinski definition) is 6. The van der Waals surface area contributed by atoms with E-state index < -0.39 is 0 Å². The van der Waals surface area contributed by atoms with Crippen LogP contribution in [0.15, 0.2) is 58.3 Å². The van der Waals surface area contributed by atoms with Gasteiger partial charge in [-0.2, -0.15) is 0 Å². The molecule has 0 spiro atoms. The van der Waals surface area contributed by atoms with E-state index in [1.807, 2.05) is 0 Å². The number of halogens is 1. The lowest BCUT2D eigenvalue weighted by Crippen LogP contribution is -2.05. The zero-order valence-corrected chi connectivity index (χ0v) is 15.0. The van der Waals surface area contributed by atoms with Gasteiger partial charge in [-0.1, -0.05) is 11.8 Å². The summed E-state index contributed by atoms with van der Waals surface area (Å²) in [5.41, 5.74) is 1.18. The van der Waals surface area contributed by atoms with Crippen molar-refractivity contribution in [2.75, 3.05) is 20.0 Å². The van der Waals surface area contributed by atoms with E-state index in [1.54, 1.807) is 43.6 Å². The normalized spacial score (nSPS) is 10.6. The van der Waals surface area contributed by atoms with Gasteiger partial charge in [-0.05, 0) is 36.4 Å². The first-order valence-electron chi connectivity index (χ1n) is 7.70. The number of thioether (sulfide) groups is 1. The molecule has 1 aromatic heterocycles. The number of carbonyl (C=O) groups excluding carboxylic acids is 1. The Balaban J connectivity index is 1.68. The second-order valence-corrected chi connectivity index (χ2v) is 6.20. The fraction of sp³-hybridized carbons (Fsp3) is 0.158. The zero-order valence-electron chi connectivity index (χ0n) is 14.2. The Kier molecular flexibility index (Phi) is 5.58. The fourth-order valence-electron chi connectivity index (χ4n) is 2.31. The van der Waals surface area contributed by atoms with E-state index in [0.717, 1.165) is 0 Å². The molecule has 0 bridgehead atoms. The Morgan fingerprint density at radius 1 is 1.15 bits per heavy atom. The molecule has 7 heteroatoms. The summed E-state index contributed by atoms with van der Waals surface area (Å²) >= 11 is 1.18. The first kappa shape index (κ1) is 18.0. The number of benzene rings is 2. The van der Waals surface area contributed by atoms with E-state index in [0.29, 0.717) is 33.6 Å². The van der Waals surface area contributed by atoms with Crippen LogP contribution in [0.5, 0.6) is 11.5 Å². The molecule has 3 aromatic rings. The molecule has 0 unspecified atom stereocenters. The average Bonchev–Trinajstić information content (AvgIpc) is 3.15. The SMILES string of the molecule is COc1ccc(C(=O)CSc2ncc(-c3ccc(F)cc3)o2)c(OC)c1. The van der Waals surface area contributed by atoms with Crippen LogP contribution in [0.2, 0.25) is 0 Å². The van der Waals surface area contributed by atoms with Crippen LogP contribution < -0.4 is 9.47 Å². The molecule has 0 fully saturated rings. The summed E-state index contributed by atoms with van der Waals surface area (Å²) in [7, 11) is 3.05. The molecule has 3 rings (SSSR count). The van der Waals surface area contributed by atoms with Crippen molar-refractivity contribution in [1.29, 1.82) is 0 Å². The van der Waals surface area contributed by atoms with Crippen molar-refractivity contribution in [2.45, 2.75) is 5.22 Å². The molecule has 5 nitrogen and oxygen atoms in total. The van der Waals surface area contributed by atoms with Crippen LogP contribution in [0.3, 0.4) is 0 Å². The summed E-state index contributed by atoms with van der Waals surface area (Å²) in [6.07, 6.45) is 1.55. The number of carbonyl (C=O) groups is 1. The summed E-state index contributed by atoms with van der Waals surface area (Å²) in [4.78, 5) is 16.6. The number of aromatic nitrogens is 1. The summed E-state index contributed by atoms with van der Waals surface area (Å²) in [6, 6.07) is 11.0. The first-order chi connectivity index (χ1) is 12.6. The Hall–Kier alpha value is -2.80. The van der Waals surface area contributed by atoms with Crippen LogP contribution in [0.4, 0.5) is 4.39 Å². The molecule has 26 heavy (non-hydrogen) atoms. The lowest BCUT2D eigenvalue weighted by molar-refractivity contribution is 0.101. The molecule has 0 saturated heterocycles. The molecule has 0 aliphatic carbocycles. The molecule has 1 heterocycles. The predicted octanol–water partition coefficient (Wildman–Crippen LogP) is 4.47. The Labute approximate surface area is 154 Å². The van der Waals surface area contributed by atoms with Crippen LogP contribution in [0, 0.1) is 5.82 Å². The van der Waals surface area contributed by atoms with Crippen molar-refractivity contribution >= 4 is 17.5 Å². The highest BCUT2D eigenvalue weighted by atomic mass is 32.2. The van der Waals surface area contributed by atoms with Gasteiger partial charge in [-0.25, -0.2) is 9.37 Å². The fourth-order valence-corrected chi connectivity index (χ4v) is 2.99. The molecule has 0 radical (unpaired) electrons. The number of Topliss-reactive ketones (excluding diaryl/α,β-unsaturated/α-hetero) is 1. The van der Waals surface area contributed by atoms with Crippen molar-refractivity contribution in [3.63, 3.8) is 0 Å². The van der Waals surface area contributed by atoms with Crippen molar-refractivity contribution in [2.24, 2.45) is 0 Å². The van der Waals surface area contributed by atoms with Gasteiger partial charge in [0.2, 0.25) is 0 Å². The summed E-state index contributed by atoms with van der Waals surface area (Å²) in [6.45, 7) is 0. The minimum atomic E-state index is -0.318. The predicted molar refractivity (Wildman–Crippen MR) is 96.5 cm³/mol. The Morgan fingerprint density at radius 2 is 1.92 bits per heavy atom. The molecule has 0 aliphatic heterocycles. The van der Waals surface area contributed by atoms with Crippen molar-refractivity contribution in [1.82, 2.24) is 4.98 Å². The number of nitrogens with zero attached hydrogens (tertiary/aromatic N) is 1. The summed E-state index contributed by atoms with van der Waals surface area (Å²) < 4.78 is 29.0. The zero-order chi connectivity index (χ0) is 18.5. The minimum absolute atomic E-state index is 0.115. The third kappa shape index (κ3) is 4.05. The lowest BCUT2D eigenvalue weighted by Gasteiger charge is -2.09. The number of hydrogen-bond donors (Lipinski definition) is 0. The smallest absolute Gasteiger partial charge is 0.256 e. The van der Waals surface area contributed by atoms with E-state index >= 15 is 0 Å². The van der Waals surface area contributed by atoms with Crippen LogP contribution in [-0.4, -0.2) is 30.7 Å². The quantitative estimate of drug-likeness (QED) is 0.450. The molecule has 0 aliphatic rings. The van der Waals surface area contributed by atoms with Gasteiger partial charge in [-0.15, -0.1) is 0 Å². The second-order valence-electron chi connectivity index (χ2n) is 5.28. The monoisotopic (exact) mass is 373 g/mol. The second kappa shape index (κ2) is 8.05. The molecular weight excluding hydrogens is 357 g/mol. The third-order valence-corrected chi connectivity index (χ3v) is 4.49. The number of oxazole rings is 1. The van der Waals surface area contributed by atoms with Crippen molar-refractivity contribution < 1.29 is 23.1 Å². The highest BCUT2D eigenvalue weighted by Crippen LogP contribution is 2.29. The Bertz CT molecular complexity index is 908. The van der Waals surface area contributed by atoms with Crippen molar-refractivity contribution in [3.8, 4) is 22.8 Å². The number of rotatable bonds is 7. The van der Waals surface area contributed by atoms with Crippen molar-refractivity contribution in [3.05, 3.63) is 60.0 Å². The number of ketones is 1. The van der Waals surface area contributed by atoms with Gasteiger partial charge in [-0.3, -0.25) is 4.79 Å². The number of ether oxygens (including phenoxy) is 2. The average molecular weight is 373 g/mol. The number of methoxy groups -OCH3 is 2. The highest BCUT2D eigenvalue weighted by Gasteiger charge is 2.15. The molecule has 0 saturated carbocycles. The van der Waals surface area contributed by atoms with Gasteiger partial charge in [0.05, 0.1) is 31.7 Å². The molecule has 0 N–H and O–H groups in total. The molecule has 0 amide bonds. The molecular formula is C19H16FNO4S. The van der Waals surface area contributed by atoms with Gasteiger partial charge >= 0.3 is 0 Å². The van der Waals surface area contributed by atoms with Gasteiger partial charge in [0, 0.05) is 11.6 Å². The topological polar surface area (TPSA) is 61.6 Å². The first-order valence-corrected chi connectivity index (χ1v) is 8.69. The van der Waals surface area contributed by atoms with Gasteiger partial charge in [0.15, 0.2) is 11.5 Å². The highest BCUT2D eigenvalue weighted by molar-refractivity contribution is 7.99. The van der Waals surface area contributed by atoms with Crippen LogP contribution in [0.25, 0.3) is 11.3 Å². The molecule has 0 atom stereocenters. The molecule has 2 aromatic carbocycles.